The van der Waals surface area contributed by atoms with E-state index in [0.717, 1.165) is 23.2 Å². The Morgan fingerprint density at radius 1 is 1.45 bits per heavy atom. The maximum absolute atomic E-state index is 13.7. The highest BCUT2D eigenvalue weighted by atomic mass is 32.2. The summed E-state index contributed by atoms with van der Waals surface area (Å²) in [4.78, 5) is 14.5. The van der Waals surface area contributed by atoms with Gasteiger partial charge in [-0.3, -0.25) is 4.79 Å². The molecule has 20 heavy (non-hydrogen) atoms. The molecule has 0 spiro atoms. The van der Waals surface area contributed by atoms with Crippen molar-refractivity contribution < 1.29 is 22.7 Å². The van der Waals surface area contributed by atoms with Gasteiger partial charge in [-0.25, -0.2) is 17.8 Å². The van der Waals surface area contributed by atoms with Crippen LogP contribution in [0.5, 0.6) is 0 Å². The molecule has 0 radical (unpaired) electrons. The van der Waals surface area contributed by atoms with E-state index in [1.54, 1.807) is 0 Å². The summed E-state index contributed by atoms with van der Waals surface area (Å²) in [5.41, 5.74) is 0. The van der Waals surface area contributed by atoms with Crippen molar-refractivity contribution in [1.82, 2.24) is 9.29 Å². The first-order valence-corrected chi connectivity index (χ1v) is 7.71. The zero-order chi connectivity index (χ0) is 14.8. The van der Waals surface area contributed by atoms with E-state index in [4.69, 9.17) is 5.11 Å². The van der Waals surface area contributed by atoms with Crippen molar-refractivity contribution in [2.24, 2.45) is 0 Å². The number of pyridine rings is 1. The summed E-state index contributed by atoms with van der Waals surface area (Å²) in [6.45, 7) is -0.678. The molecular weight excluding hydrogens is 287 g/mol. The number of rotatable bonds is 5. The van der Waals surface area contributed by atoms with E-state index in [1.165, 1.54) is 12.3 Å². The predicted molar refractivity (Wildman–Crippen MR) is 68.0 cm³/mol. The molecule has 8 heteroatoms. The monoisotopic (exact) mass is 302 g/mol. The van der Waals surface area contributed by atoms with Crippen LogP contribution in [-0.2, 0) is 14.8 Å². The Balaban J connectivity index is 2.41. The first-order chi connectivity index (χ1) is 9.43. The third-order valence-corrected chi connectivity index (χ3v) is 5.13. The van der Waals surface area contributed by atoms with E-state index in [9.17, 15) is 17.6 Å². The van der Waals surface area contributed by atoms with Gasteiger partial charge in [0.05, 0.1) is 0 Å². The number of carboxylic acids is 1. The number of aliphatic carboxylic acids is 1. The van der Waals surface area contributed by atoms with E-state index < -0.39 is 39.4 Å². The second-order valence-corrected chi connectivity index (χ2v) is 6.48. The Morgan fingerprint density at radius 2 is 2.10 bits per heavy atom. The molecular formula is C12H15FN2O4S. The molecule has 1 aliphatic rings. The Hall–Kier alpha value is -1.54. The maximum atomic E-state index is 13.7. The molecule has 1 N–H and O–H groups in total. The van der Waals surface area contributed by atoms with Gasteiger partial charge in [0.2, 0.25) is 5.03 Å². The second-order valence-electron chi connectivity index (χ2n) is 4.67. The molecule has 0 amide bonds. The number of aromatic nitrogens is 1. The summed E-state index contributed by atoms with van der Waals surface area (Å²) >= 11 is 0. The first-order valence-electron chi connectivity index (χ1n) is 6.27. The largest absolute Gasteiger partial charge is 0.480 e. The van der Waals surface area contributed by atoms with E-state index >= 15 is 0 Å². The molecule has 0 saturated heterocycles. The van der Waals surface area contributed by atoms with Crippen molar-refractivity contribution in [3.8, 4) is 0 Å². The zero-order valence-electron chi connectivity index (χ0n) is 10.7. The Kier molecular flexibility index (Phi) is 4.34. The van der Waals surface area contributed by atoms with Gasteiger partial charge in [0.1, 0.15) is 6.54 Å². The van der Waals surface area contributed by atoms with E-state index in [2.05, 4.69) is 4.98 Å². The number of nitrogens with zero attached hydrogens (tertiary/aromatic N) is 2. The highest BCUT2D eigenvalue weighted by Gasteiger charge is 2.37. The van der Waals surface area contributed by atoms with Crippen LogP contribution < -0.4 is 0 Å². The van der Waals surface area contributed by atoms with Crippen LogP contribution in [0, 0.1) is 5.82 Å². The number of hydrogen-bond acceptors (Lipinski definition) is 4. The molecule has 1 aliphatic carbocycles. The molecule has 1 heterocycles. The lowest BCUT2D eigenvalue weighted by atomic mass is 10.2. The minimum atomic E-state index is -4.24. The maximum Gasteiger partial charge on any atom is 0.318 e. The third kappa shape index (κ3) is 2.96. The Morgan fingerprint density at radius 3 is 2.65 bits per heavy atom. The van der Waals surface area contributed by atoms with Gasteiger partial charge in [0, 0.05) is 12.2 Å². The standard InChI is InChI=1S/C12H15FN2O4S/c13-10-6-3-7-14-12(10)20(18,19)15(8-11(16)17)9-4-1-2-5-9/h3,6-7,9H,1-2,4-5,8H2,(H,16,17). The van der Waals surface area contributed by atoms with Crippen LogP contribution in [0.1, 0.15) is 25.7 Å². The van der Waals surface area contributed by atoms with Crippen LogP contribution in [0.4, 0.5) is 4.39 Å². The molecule has 2 rings (SSSR count). The van der Waals surface area contributed by atoms with Crippen molar-refractivity contribution in [2.75, 3.05) is 6.54 Å². The Labute approximate surface area is 116 Å². The van der Waals surface area contributed by atoms with Crippen LogP contribution in [0.15, 0.2) is 23.4 Å². The quantitative estimate of drug-likeness (QED) is 0.884. The summed E-state index contributed by atoms with van der Waals surface area (Å²) in [5.74, 6) is -2.24. The topological polar surface area (TPSA) is 87.6 Å². The van der Waals surface area contributed by atoms with E-state index in [0.29, 0.717) is 12.8 Å². The van der Waals surface area contributed by atoms with Gasteiger partial charge in [-0.15, -0.1) is 0 Å². The first kappa shape index (κ1) is 14.9. The summed E-state index contributed by atoms with van der Waals surface area (Å²) in [6.07, 6.45) is 4.01. The third-order valence-electron chi connectivity index (χ3n) is 3.30. The lowest BCUT2D eigenvalue weighted by Crippen LogP contribution is -2.42. The lowest BCUT2D eigenvalue weighted by Gasteiger charge is -2.25. The van der Waals surface area contributed by atoms with Gasteiger partial charge in [-0.05, 0) is 25.0 Å². The number of carbonyl (C=O) groups is 1. The molecule has 1 aromatic rings. The summed E-state index contributed by atoms with van der Waals surface area (Å²) < 4.78 is 39.4. The van der Waals surface area contributed by atoms with Gasteiger partial charge in [-0.1, -0.05) is 12.8 Å². The minimum Gasteiger partial charge on any atom is -0.480 e. The molecule has 0 aromatic carbocycles. The number of halogens is 1. The highest BCUT2D eigenvalue weighted by molar-refractivity contribution is 7.89. The van der Waals surface area contributed by atoms with Crippen molar-refractivity contribution >= 4 is 16.0 Å². The van der Waals surface area contributed by atoms with Crippen molar-refractivity contribution in [1.29, 1.82) is 0 Å². The molecule has 0 atom stereocenters. The fourth-order valence-electron chi connectivity index (χ4n) is 2.41. The Bertz CT molecular complexity index is 599. The minimum absolute atomic E-state index is 0.405. The van der Waals surface area contributed by atoms with Crippen LogP contribution in [0.3, 0.4) is 0 Å². The van der Waals surface area contributed by atoms with E-state index in [1.807, 2.05) is 0 Å². The molecule has 1 fully saturated rings. The van der Waals surface area contributed by atoms with Crippen molar-refractivity contribution in [2.45, 2.75) is 36.8 Å². The number of sulfonamides is 1. The lowest BCUT2D eigenvalue weighted by molar-refractivity contribution is -0.137. The molecule has 1 aromatic heterocycles. The summed E-state index contributed by atoms with van der Waals surface area (Å²) in [7, 11) is -4.24. The average molecular weight is 302 g/mol. The van der Waals surface area contributed by atoms with Crippen LogP contribution in [0.25, 0.3) is 0 Å². The second kappa shape index (κ2) is 5.84. The van der Waals surface area contributed by atoms with Gasteiger partial charge in [-0.2, -0.15) is 4.31 Å². The van der Waals surface area contributed by atoms with Gasteiger partial charge >= 0.3 is 5.97 Å². The fourth-order valence-corrected chi connectivity index (χ4v) is 4.02. The molecule has 0 bridgehead atoms. The summed E-state index contributed by atoms with van der Waals surface area (Å²) in [5, 5.41) is 8.19. The van der Waals surface area contributed by atoms with Crippen LogP contribution in [-0.4, -0.2) is 41.4 Å². The molecule has 0 unspecified atom stereocenters. The van der Waals surface area contributed by atoms with Gasteiger partial charge in [0.15, 0.2) is 5.82 Å². The van der Waals surface area contributed by atoms with Crippen molar-refractivity contribution in [3.05, 3.63) is 24.1 Å². The van der Waals surface area contributed by atoms with E-state index in [-0.39, 0.29) is 0 Å². The molecule has 0 aliphatic heterocycles. The smallest absolute Gasteiger partial charge is 0.318 e. The normalized spacial score (nSPS) is 16.7. The zero-order valence-corrected chi connectivity index (χ0v) is 11.5. The van der Waals surface area contributed by atoms with Crippen LogP contribution in [0.2, 0.25) is 0 Å². The highest BCUT2D eigenvalue weighted by Crippen LogP contribution is 2.28. The SMILES string of the molecule is O=C(O)CN(C1CCCC1)S(=O)(=O)c1ncccc1F. The number of hydrogen-bond donors (Lipinski definition) is 1. The molecule has 110 valence electrons. The van der Waals surface area contributed by atoms with Crippen molar-refractivity contribution in [3.63, 3.8) is 0 Å². The van der Waals surface area contributed by atoms with Crippen LogP contribution >= 0.6 is 0 Å². The fraction of sp³-hybridized carbons (Fsp3) is 0.500. The average Bonchev–Trinajstić information content (AvgIpc) is 2.89. The molecule has 1 saturated carbocycles. The molecule has 6 nitrogen and oxygen atoms in total. The van der Waals surface area contributed by atoms with Gasteiger partial charge in [0.25, 0.3) is 10.0 Å². The number of carboxylic acid groups (broad SMARTS) is 1. The predicted octanol–water partition coefficient (Wildman–Crippen LogP) is 1.24. The van der Waals surface area contributed by atoms with Gasteiger partial charge < -0.3 is 5.11 Å². The summed E-state index contributed by atoms with van der Waals surface area (Å²) in [6, 6.07) is 1.87.